The molecule has 1 N–H and O–H groups in total. The Labute approximate surface area is 130 Å². The standard InChI is InChI=1S/C17H21NO2S/c1-17(2,20)12-18(3)16(19)11-21-15-9-8-13-6-4-5-7-14(13)10-15/h4-10,20H,11-12H2,1-3H3. The maximum absolute atomic E-state index is 12.1. The SMILES string of the molecule is CN(CC(C)(C)O)C(=O)CSc1ccc2ccccc2c1. The predicted octanol–water partition coefficient (Wildman–Crippen LogP) is 3.16. The number of hydrogen-bond acceptors (Lipinski definition) is 3. The molecule has 2 aromatic carbocycles. The van der Waals surface area contributed by atoms with Crippen molar-refractivity contribution >= 4 is 28.4 Å². The highest BCUT2D eigenvalue weighted by Crippen LogP contribution is 2.23. The molecular weight excluding hydrogens is 282 g/mol. The highest BCUT2D eigenvalue weighted by molar-refractivity contribution is 8.00. The lowest BCUT2D eigenvalue weighted by atomic mass is 10.1. The van der Waals surface area contributed by atoms with Crippen molar-refractivity contribution < 1.29 is 9.90 Å². The molecule has 0 spiro atoms. The minimum absolute atomic E-state index is 0.0234. The molecule has 112 valence electrons. The molecule has 0 saturated heterocycles. The highest BCUT2D eigenvalue weighted by atomic mass is 32.2. The fourth-order valence-corrected chi connectivity index (χ4v) is 3.07. The van der Waals surface area contributed by atoms with Gasteiger partial charge in [-0.2, -0.15) is 0 Å². The van der Waals surface area contributed by atoms with Crippen LogP contribution < -0.4 is 0 Å². The highest BCUT2D eigenvalue weighted by Gasteiger charge is 2.19. The summed E-state index contributed by atoms with van der Waals surface area (Å²) in [7, 11) is 1.72. The Morgan fingerprint density at radius 1 is 1.19 bits per heavy atom. The number of hydrogen-bond donors (Lipinski definition) is 1. The van der Waals surface area contributed by atoms with Gasteiger partial charge < -0.3 is 10.0 Å². The van der Waals surface area contributed by atoms with Gasteiger partial charge in [-0.25, -0.2) is 0 Å². The number of aliphatic hydroxyl groups is 1. The summed E-state index contributed by atoms with van der Waals surface area (Å²) in [6.45, 7) is 3.74. The summed E-state index contributed by atoms with van der Waals surface area (Å²) in [6, 6.07) is 14.4. The van der Waals surface area contributed by atoms with Gasteiger partial charge in [-0.1, -0.05) is 30.3 Å². The molecule has 0 saturated carbocycles. The van der Waals surface area contributed by atoms with Crippen LogP contribution in [0.5, 0.6) is 0 Å². The molecular formula is C17H21NO2S. The second-order valence-electron chi connectivity index (χ2n) is 5.86. The number of carbonyl (C=O) groups is 1. The van der Waals surface area contributed by atoms with E-state index in [1.807, 2.05) is 18.2 Å². The van der Waals surface area contributed by atoms with Gasteiger partial charge in [0.05, 0.1) is 11.4 Å². The number of amides is 1. The van der Waals surface area contributed by atoms with Crippen LogP contribution in [0.1, 0.15) is 13.8 Å². The molecule has 0 unspecified atom stereocenters. The van der Waals surface area contributed by atoms with Gasteiger partial charge in [-0.05, 0) is 36.8 Å². The maximum atomic E-state index is 12.1. The zero-order valence-corrected chi connectivity index (χ0v) is 13.5. The third-order valence-electron chi connectivity index (χ3n) is 3.13. The molecule has 2 aromatic rings. The minimum atomic E-state index is -0.863. The van der Waals surface area contributed by atoms with Crippen molar-refractivity contribution in [2.75, 3.05) is 19.3 Å². The van der Waals surface area contributed by atoms with Crippen LogP contribution in [0.25, 0.3) is 10.8 Å². The monoisotopic (exact) mass is 303 g/mol. The first kappa shape index (κ1) is 15.9. The van der Waals surface area contributed by atoms with Crippen molar-refractivity contribution in [3.05, 3.63) is 42.5 Å². The van der Waals surface area contributed by atoms with Gasteiger partial charge in [0.1, 0.15) is 0 Å². The van der Waals surface area contributed by atoms with Crippen molar-refractivity contribution in [3.63, 3.8) is 0 Å². The molecule has 0 radical (unpaired) electrons. The zero-order chi connectivity index (χ0) is 15.5. The van der Waals surface area contributed by atoms with Crippen LogP contribution in [0.3, 0.4) is 0 Å². The molecule has 0 atom stereocenters. The van der Waals surface area contributed by atoms with Crippen molar-refractivity contribution in [1.82, 2.24) is 4.90 Å². The van der Waals surface area contributed by atoms with Gasteiger partial charge in [0.15, 0.2) is 0 Å². The van der Waals surface area contributed by atoms with E-state index in [0.717, 1.165) is 4.90 Å². The van der Waals surface area contributed by atoms with Gasteiger partial charge >= 0.3 is 0 Å². The molecule has 21 heavy (non-hydrogen) atoms. The maximum Gasteiger partial charge on any atom is 0.232 e. The van der Waals surface area contributed by atoms with Crippen molar-refractivity contribution in [2.24, 2.45) is 0 Å². The second-order valence-corrected chi connectivity index (χ2v) is 6.91. The largest absolute Gasteiger partial charge is 0.389 e. The summed E-state index contributed by atoms with van der Waals surface area (Å²) < 4.78 is 0. The zero-order valence-electron chi connectivity index (χ0n) is 12.7. The summed E-state index contributed by atoms with van der Waals surface area (Å²) >= 11 is 1.52. The number of likely N-dealkylation sites (N-methyl/N-ethyl adjacent to an activating group) is 1. The Morgan fingerprint density at radius 2 is 1.86 bits per heavy atom. The molecule has 1 amide bonds. The normalized spacial score (nSPS) is 11.6. The topological polar surface area (TPSA) is 40.5 Å². The lowest BCUT2D eigenvalue weighted by molar-refractivity contribution is -0.129. The molecule has 2 rings (SSSR count). The van der Waals surface area contributed by atoms with E-state index >= 15 is 0 Å². The van der Waals surface area contributed by atoms with Crippen LogP contribution in [0.2, 0.25) is 0 Å². The van der Waals surface area contributed by atoms with Gasteiger partial charge in [0.2, 0.25) is 5.91 Å². The quantitative estimate of drug-likeness (QED) is 0.863. The molecule has 0 aliphatic carbocycles. The molecule has 4 heteroatoms. The molecule has 0 heterocycles. The van der Waals surface area contributed by atoms with Gasteiger partial charge in [0.25, 0.3) is 0 Å². The van der Waals surface area contributed by atoms with Crippen LogP contribution in [0.15, 0.2) is 47.4 Å². The van der Waals surface area contributed by atoms with Crippen LogP contribution in [0, 0.1) is 0 Å². The Bertz CT molecular complexity index is 634. The average molecular weight is 303 g/mol. The van der Waals surface area contributed by atoms with Gasteiger partial charge in [-0.15, -0.1) is 11.8 Å². The summed E-state index contributed by atoms with van der Waals surface area (Å²) in [5, 5.41) is 12.1. The first-order chi connectivity index (χ1) is 9.85. The second kappa shape index (κ2) is 6.50. The molecule has 0 aliphatic rings. The summed E-state index contributed by atoms with van der Waals surface area (Å²) in [6.07, 6.45) is 0. The number of benzene rings is 2. The average Bonchev–Trinajstić information content (AvgIpc) is 2.42. The Kier molecular flexibility index (Phi) is 4.91. The van der Waals surface area contributed by atoms with E-state index in [2.05, 4.69) is 24.3 Å². The van der Waals surface area contributed by atoms with E-state index < -0.39 is 5.60 Å². The van der Waals surface area contributed by atoms with Gasteiger partial charge in [-0.3, -0.25) is 4.79 Å². The number of thioether (sulfide) groups is 1. The number of carbonyl (C=O) groups excluding carboxylic acids is 1. The van der Waals surface area contributed by atoms with Crippen LogP contribution >= 0.6 is 11.8 Å². The summed E-state index contributed by atoms with van der Waals surface area (Å²) in [5.74, 6) is 0.403. The van der Waals surface area contributed by atoms with Gasteiger partial charge in [0, 0.05) is 18.5 Å². The smallest absolute Gasteiger partial charge is 0.232 e. The summed E-state index contributed by atoms with van der Waals surface area (Å²) in [4.78, 5) is 14.7. The lowest BCUT2D eigenvalue weighted by Crippen LogP contribution is -2.40. The Balaban J connectivity index is 1.96. The van der Waals surface area contributed by atoms with E-state index in [0.29, 0.717) is 12.3 Å². The Hall–Kier alpha value is -1.52. The first-order valence-corrected chi connectivity index (χ1v) is 7.92. The van der Waals surface area contributed by atoms with Crippen LogP contribution in [-0.4, -0.2) is 40.9 Å². The molecule has 0 bridgehead atoms. The lowest BCUT2D eigenvalue weighted by Gasteiger charge is -2.25. The van der Waals surface area contributed by atoms with E-state index in [-0.39, 0.29) is 5.91 Å². The van der Waals surface area contributed by atoms with E-state index in [1.54, 1.807) is 25.8 Å². The molecule has 3 nitrogen and oxygen atoms in total. The van der Waals surface area contributed by atoms with Crippen molar-refractivity contribution in [1.29, 1.82) is 0 Å². The molecule has 0 aromatic heterocycles. The van der Waals surface area contributed by atoms with Crippen molar-refractivity contribution in [3.8, 4) is 0 Å². The predicted molar refractivity (Wildman–Crippen MR) is 88.6 cm³/mol. The fourth-order valence-electron chi connectivity index (χ4n) is 2.18. The number of nitrogens with zero attached hydrogens (tertiary/aromatic N) is 1. The van der Waals surface area contributed by atoms with Crippen molar-refractivity contribution in [2.45, 2.75) is 24.3 Å². The fraction of sp³-hybridized carbons (Fsp3) is 0.353. The Morgan fingerprint density at radius 3 is 2.52 bits per heavy atom. The third kappa shape index (κ3) is 4.76. The van der Waals surface area contributed by atoms with E-state index in [1.165, 1.54) is 22.5 Å². The van der Waals surface area contributed by atoms with Crippen LogP contribution in [0.4, 0.5) is 0 Å². The number of rotatable bonds is 5. The third-order valence-corrected chi connectivity index (χ3v) is 4.11. The van der Waals surface area contributed by atoms with Crippen LogP contribution in [-0.2, 0) is 4.79 Å². The minimum Gasteiger partial charge on any atom is -0.389 e. The molecule has 0 fully saturated rings. The van der Waals surface area contributed by atoms with E-state index in [9.17, 15) is 9.90 Å². The van der Waals surface area contributed by atoms with E-state index in [4.69, 9.17) is 0 Å². The number of fused-ring (bicyclic) bond motifs is 1. The summed E-state index contributed by atoms with van der Waals surface area (Å²) in [5.41, 5.74) is -0.863. The molecule has 0 aliphatic heterocycles. The first-order valence-electron chi connectivity index (χ1n) is 6.93.